The van der Waals surface area contributed by atoms with Crippen molar-refractivity contribution in [3.63, 3.8) is 0 Å². The summed E-state index contributed by atoms with van der Waals surface area (Å²) in [7, 11) is 0. The number of carbonyl (C=O) groups excluding carboxylic acids is 1. The van der Waals surface area contributed by atoms with E-state index in [1.54, 1.807) is 13.0 Å². The van der Waals surface area contributed by atoms with Crippen LogP contribution in [0.2, 0.25) is 0 Å². The number of benzene rings is 2. The summed E-state index contributed by atoms with van der Waals surface area (Å²) < 4.78 is 5.19. The van der Waals surface area contributed by atoms with Crippen molar-refractivity contribution >= 4 is 23.0 Å². The monoisotopic (exact) mass is 331 g/mol. The van der Waals surface area contributed by atoms with Gasteiger partial charge in [0.2, 0.25) is 0 Å². The lowest BCUT2D eigenvalue weighted by molar-refractivity contribution is -0.385. The molecule has 9 nitrogen and oxygen atoms in total. The quantitative estimate of drug-likeness (QED) is 0.641. The third-order valence-corrected chi connectivity index (χ3v) is 3.05. The van der Waals surface area contributed by atoms with Crippen molar-refractivity contribution in [3.8, 4) is 5.75 Å². The van der Waals surface area contributed by atoms with Crippen molar-refractivity contribution < 1.29 is 19.4 Å². The molecule has 2 aromatic rings. The van der Waals surface area contributed by atoms with E-state index in [4.69, 9.17) is 4.74 Å². The molecular weight excluding hydrogens is 318 g/mol. The summed E-state index contributed by atoms with van der Waals surface area (Å²) in [5.74, 6) is -0.710. The zero-order valence-corrected chi connectivity index (χ0v) is 12.6. The fraction of sp³-hybridized carbons (Fsp3) is 0.133. The smallest absolute Gasteiger partial charge is 0.310 e. The fourth-order valence-corrected chi connectivity index (χ4v) is 1.96. The van der Waals surface area contributed by atoms with E-state index in [9.17, 15) is 25.0 Å². The van der Waals surface area contributed by atoms with Gasteiger partial charge in [0.1, 0.15) is 5.69 Å². The normalized spacial score (nSPS) is 10.0. The number of carbonyl (C=O) groups is 1. The number of rotatable bonds is 6. The first kappa shape index (κ1) is 16.9. The third kappa shape index (κ3) is 4.03. The summed E-state index contributed by atoms with van der Waals surface area (Å²) >= 11 is 0. The second-order valence-electron chi connectivity index (χ2n) is 4.84. The Morgan fingerprint density at radius 3 is 2.42 bits per heavy atom. The maximum absolute atomic E-state index is 11.9. The highest BCUT2D eigenvalue weighted by molar-refractivity contribution is 5.94. The van der Waals surface area contributed by atoms with Crippen LogP contribution < -0.4 is 10.1 Å². The topological polar surface area (TPSA) is 125 Å². The van der Waals surface area contributed by atoms with E-state index < -0.39 is 22.4 Å². The molecule has 0 aliphatic heterocycles. The van der Waals surface area contributed by atoms with Crippen molar-refractivity contribution in [1.29, 1.82) is 0 Å². The molecule has 0 radical (unpaired) electrons. The van der Waals surface area contributed by atoms with Crippen molar-refractivity contribution in [3.05, 3.63) is 68.3 Å². The van der Waals surface area contributed by atoms with Gasteiger partial charge in [-0.3, -0.25) is 25.0 Å². The van der Waals surface area contributed by atoms with Crippen LogP contribution in [0.3, 0.4) is 0 Å². The van der Waals surface area contributed by atoms with Gasteiger partial charge in [-0.1, -0.05) is 18.2 Å². The minimum atomic E-state index is -0.667. The van der Waals surface area contributed by atoms with Crippen LogP contribution in [0.15, 0.2) is 42.5 Å². The van der Waals surface area contributed by atoms with Crippen LogP contribution in [-0.2, 0) is 4.79 Å². The van der Waals surface area contributed by atoms with Crippen LogP contribution in [0.25, 0.3) is 0 Å². The molecule has 0 fully saturated rings. The Kier molecular flexibility index (Phi) is 5.05. The van der Waals surface area contributed by atoms with Crippen molar-refractivity contribution in [2.24, 2.45) is 0 Å². The van der Waals surface area contributed by atoms with Crippen molar-refractivity contribution in [2.45, 2.75) is 6.92 Å². The predicted octanol–water partition coefficient (Wildman–Crippen LogP) is 2.83. The molecule has 0 spiro atoms. The van der Waals surface area contributed by atoms with Crippen LogP contribution in [0.1, 0.15) is 5.56 Å². The highest BCUT2D eigenvalue weighted by Crippen LogP contribution is 2.28. The number of hydrogen-bond donors (Lipinski definition) is 1. The minimum absolute atomic E-state index is 0.0230. The van der Waals surface area contributed by atoms with Crippen LogP contribution in [0, 0.1) is 27.2 Å². The summed E-state index contributed by atoms with van der Waals surface area (Å²) in [6.07, 6.45) is 0. The van der Waals surface area contributed by atoms with E-state index in [-0.39, 0.29) is 22.8 Å². The molecule has 0 saturated carbocycles. The van der Waals surface area contributed by atoms with Gasteiger partial charge in [0.15, 0.2) is 12.4 Å². The van der Waals surface area contributed by atoms with E-state index in [0.717, 1.165) is 5.56 Å². The molecule has 0 aliphatic carbocycles. The Hall–Kier alpha value is -3.49. The van der Waals surface area contributed by atoms with E-state index in [2.05, 4.69) is 5.32 Å². The highest BCUT2D eigenvalue weighted by Gasteiger charge is 2.18. The van der Waals surface area contributed by atoms with Gasteiger partial charge < -0.3 is 10.1 Å². The summed E-state index contributed by atoms with van der Waals surface area (Å²) in [6.45, 7) is 1.21. The second-order valence-corrected chi connectivity index (χ2v) is 4.84. The lowest BCUT2D eigenvalue weighted by Crippen LogP contribution is -2.21. The molecule has 2 aromatic carbocycles. The summed E-state index contributed by atoms with van der Waals surface area (Å²) in [5, 5.41) is 24.2. The number of nitrogens with zero attached hydrogens (tertiary/aromatic N) is 2. The molecule has 0 aliphatic rings. The number of hydrogen-bond acceptors (Lipinski definition) is 6. The molecule has 0 bridgehead atoms. The molecule has 24 heavy (non-hydrogen) atoms. The molecule has 0 saturated heterocycles. The first-order valence-corrected chi connectivity index (χ1v) is 6.79. The van der Waals surface area contributed by atoms with Gasteiger partial charge in [-0.25, -0.2) is 0 Å². The Balaban J connectivity index is 2.09. The molecule has 1 amide bonds. The Morgan fingerprint density at radius 1 is 1.08 bits per heavy atom. The lowest BCUT2D eigenvalue weighted by Gasteiger charge is -2.08. The van der Waals surface area contributed by atoms with Crippen LogP contribution in [-0.4, -0.2) is 22.4 Å². The van der Waals surface area contributed by atoms with E-state index in [0.29, 0.717) is 0 Å². The minimum Gasteiger partial charge on any atom is -0.477 e. The van der Waals surface area contributed by atoms with E-state index >= 15 is 0 Å². The first-order valence-electron chi connectivity index (χ1n) is 6.79. The second kappa shape index (κ2) is 7.18. The molecule has 9 heteroatoms. The molecular formula is C15H13N3O6. The summed E-state index contributed by atoms with van der Waals surface area (Å²) in [4.78, 5) is 32.5. The van der Waals surface area contributed by atoms with Crippen LogP contribution in [0.4, 0.5) is 17.1 Å². The number of amides is 1. The number of para-hydroxylation sites is 2. The molecule has 1 N–H and O–H groups in total. The van der Waals surface area contributed by atoms with E-state index in [1.165, 1.54) is 36.4 Å². The zero-order chi connectivity index (χ0) is 17.7. The van der Waals surface area contributed by atoms with Gasteiger partial charge in [0.05, 0.1) is 9.85 Å². The molecule has 0 aromatic heterocycles. The van der Waals surface area contributed by atoms with Gasteiger partial charge in [0.25, 0.3) is 11.6 Å². The number of anilines is 1. The Bertz CT molecular complexity index is 806. The van der Waals surface area contributed by atoms with Gasteiger partial charge in [-0.05, 0) is 24.6 Å². The number of aryl methyl sites for hydroxylation is 1. The molecule has 2 rings (SSSR count). The maximum Gasteiger partial charge on any atom is 0.310 e. The number of nitro benzene ring substituents is 2. The molecule has 124 valence electrons. The predicted molar refractivity (Wildman–Crippen MR) is 85.1 cm³/mol. The van der Waals surface area contributed by atoms with Gasteiger partial charge in [0, 0.05) is 12.1 Å². The number of nitro groups is 2. The molecule has 0 heterocycles. The molecule has 0 atom stereocenters. The molecule has 0 unspecified atom stereocenters. The van der Waals surface area contributed by atoms with Crippen molar-refractivity contribution in [2.75, 3.05) is 11.9 Å². The van der Waals surface area contributed by atoms with Crippen LogP contribution in [0.5, 0.6) is 5.75 Å². The van der Waals surface area contributed by atoms with Crippen LogP contribution >= 0.6 is 0 Å². The third-order valence-electron chi connectivity index (χ3n) is 3.05. The summed E-state index contributed by atoms with van der Waals surface area (Å²) in [6, 6.07) is 9.92. The highest BCUT2D eigenvalue weighted by atomic mass is 16.6. The first-order chi connectivity index (χ1) is 11.4. The maximum atomic E-state index is 11.9. The van der Waals surface area contributed by atoms with Gasteiger partial charge in [-0.15, -0.1) is 0 Å². The average molecular weight is 331 g/mol. The zero-order valence-electron chi connectivity index (χ0n) is 12.6. The standard InChI is InChI=1S/C15H13N3O6/c1-10-6-7-13(18(22)23)14(8-10)24-9-15(19)16-11-4-2-3-5-12(11)17(20)21/h2-8H,9H2,1H3,(H,16,19). The average Bonchev–Trinajstić information content (AvgIpc) is 2.53. The SMILES string of the molecule is Cc1ccc([N+](=O)[O-])c(OCC(=O)Nc2ccccc2[N+](=O)[O-])c1. The van der Waals surface area contributed by atoms with Gasteiger partial charge >= 0.3 is 5.69 Å². The van der Waals surface area contributed by atoms with Crippen molar-refractivity contribution in [1.82, 2.24) is 0 Å². The van der Waals surface area contributed by atoms with E-state index in [1.807, 2.05) is 0 Å². The fourth-order valence-electron chi connectivity index (χ4n) is 1.96. The number of nitrogens with one attached hydrogen (secondary N) is 1. The summed E-state index contributed by atoms with van der Waals surface area (Å²) in [5.41, 5.74) is 0.232. The van der Waals surface area contributed by atoms with Gasteiger partial charge in [-0.2, -0.15) is 0 Å². The number of ether oxygens (including phenoxy) is 1. The Morgan fingerprint density at radius 2 is 1.75 bits per heavy atom. The largest absolute Gasteiger partial charge is 0.477 e. The lowest BCUT2D eigenvalue weighted by atomic mass is 10.2. The Labute approximate surface area is 136 Å².